The molecule has 0 aliphatic heterocycles. The lowest BCUT2D eigenvalue weighted by atomic mass is 10.1. The van der Waals surface area contributed by atoms with Crippen LogP contribution in [0.1, 0.15) is 10.4 Å². The predicted molar refractivity (Wildman–Crippen MR) is 110 cm³/mol. The number of rotatable bonds is 5. The number of aliphatic hydroxyl groups excluding tert-OH is 1. The van der Waals surface area contributed by atoms with Crippen molar-refractivity contribution in [2.24, 2.45) is 0 Å². The van der Waals surface area contributed by atoms with Crippen molar-refractivity contribution in [2.45, 2.75) is 6.04 Å². The summed E-state index contributed by atoms with van der Waals surface area (Å²) in [6, 6.07) is 17.0. The van der Waals surface area contributed by atoms with E-state index in [4.69, 9.17) is 0 Å². The molecule has 0 aliphatic rings. The quantitative estimate of drug-likeness (QED) is 0.489. The molecule has 0 fully saturated rings. The number of carbonyl (C=O) groups is 2. The molecular formula is C22H18N4O3. The topological polar surface area (TPSA) is 104 Å². The van der Waals surface area contributed by atoms with Crippen LogP contribution in [0, 0.1) is 0 Å². The van der Waals surface area contributed by atoms with E-state index in [1.54, 1.807) is 30.5 Å². The van der Waals surface area contributed by atoms with Crippen molar-refractivity contribution >= 4 is 39.3 Å². The van der Waals surface area contributed by atoms with Crippen LogP contribution >= 0.6 is 0 Å². The van der Waals surface area contributed by atoms with E-state index in [0.717, 1.165) is 21.8 Å². The van der Waals surface area contributed by atoms with Crippen LogP contribution in [0.25, 0.3) is 21.8 Å². The second-order valence-electron chi connectivity index (χ2n) is 6.53. The summed E-state index contributed by atoms with van der Waals surface area (Å²) in [5.74, 6) is -1.00. The van der Waals surface area contributed by atoms with Crippen LogP contribution in [-0.2, 0) is 4.79 Å². The van der Waals surface area contributed by atoms with Crippen molar-refractivity contribution in [3.63, 3.8) is 0 Å². The highest BCUT2D eigenvalue weighted by molar-refractivity contribution is 6.03. The number of nitrogens with one attached hydrogen (secondary N) is 2. The van der Waals surface area contributed by atoms with E-state index in [9.17, 15) is 14.7 Å². The van der Waals surface area contributed by atoms with Crippen LogP contribution < -0.4 is 10.6 Å². The Balaban J connectivity index is 1.48. The van der Waals surface area contributed by atoms with Crippen molar-refractivity contribution in [3.8, 4) is 0 Å². The molecule has 7 nitrogen and oxygen atoms in total. The number of amides is 2. The monoisotopic (exact) mass is 386 g/mol. The molecule has 0 aliphatic carbocycles. The lowest BCUT2D eigenvalue weighted by molar-refractivity contribution is -0.118. The molecule has 0 bridgehead atoms. The molecule has 0 radical (unpaired) electrons. The Morgan fingerprint density at radius 3 is 2.55 bits per heavy atom. The Morgan fingerprint density at radius 1 is 0.931 bits per heavy atom. The zero-order valence-corrected chi connectivity index (χ0v) is 15.4. The van der Waals surface area contributed by atoms with Gasteiger partial charge in [-0.3, -0.25) is 19.6 Å². The standard InChI is InChI=1S/C22H18N4O3/c27-13-20(22(29)25-17-7-8-19-15(11-17)5-3-9-23-19)26-21(28)16-10-14-4-1-2-6-18(14)24-12-16/h1-12,20,27H,13H2,(H,25,29)(H,26,28)/t20-/m0/s1. The van der Waals surface area contributed by atoms with E-state index in [0.29, 0.717) is 11.3 Å². The average Bonchev–Trinajstić information content (AvgIpc) is 2.76. The van der Waals surface area contributed by atoms with Gasteiger partial charge in [0.1, 0.15) is 6.04 Å². The number of para-hydroxylation sites is 1. The number of pyridine rings is 2. The highest BCUT2D eigenvalue weighted by Crippen LogP contribution is 2.17. The van der Waals surface area contributed by atoms with Crippen LogP contribution in [0.2, 0.25) is 0 Å². The number of fused-ring (bicyclic) bond motifs is 2. The molecule has 4 aromatic rings. The molecule has 29 heavy (non-hydrogen) atoms. The van der Waals surface area contributed by atoms with Gasteiger partial charge in [0.2, 0.25) is 5.91 Å². The van der Waals surface area contributed by atoms with Gasteiger partial charge in [-0.25, -0.2) is 0 Å². The number of benzene rings is 2. The van der Waals surface area contributed by atoms with Gasteiger partial charge in [-0.05, 0) is 36.4 Å². The van der Waals surface area contributed by atoms with E-state index >= 15 is 0 Å². The van der Waals surface area contributed by atoms with Crippen molar-refractivity contribution in [2.75, 3.05) is 11.9 Å². The minimum Gasteiger partial charge on any atom is -0.394 e. The molecule has 144 valence electrons. The molecular weight excluding hydrogens is 368 g/mol. The first-order valence-corrected chi connectivity index (χ1v) is 9.06. The molecule has 1 atom stereocenters. The summed E-state index contributed by atoms with van der Waals surface area (Å²) < 4.78 is 0. The fraction of sp³-hybridized carbons (Fsp3) is 0.0909. The predicted octanol–water partition coefficient (Wildman–Crippen LogP) is 2.51. The van der Waals surface area contributed by atoms with Gasteiger partial charge in [0.05, 0.1) is 23.2 Å². The van der Waals surface area contributed by atoms with Gasteiger partial charge < -0.3 is 15.7 Å². The van der Waals surface area contributed by atoms with Gasteiger partial charge in [0.15, 0.2) is 0 Å². The van der Waals surface area contributed by atoms with Crippen molar-refractivity contribution in [1.82, 2.24) is 15.3 Å². The summed E-state index contributed by atoms with van der Waals surface area (Å²) in [5.41, 5.74) is 2.44. The Morgan fingerprint density at radius 2 is 1.69 bits per heavy atom. The maximum absolute atomic E-state index is 12.5. The van der Waals surface area contributed by atoms with Gasteiger partial charge >= 0.3 is 0 Å². The maximum Gasteiger partial charge on any atom is 0.253 e. The third-order valence-electron chi connectivity index (χ3n) is 4.53. The molecule has 7 heteroatoms. The minimum absolute atomic E-state index is 0.312. The van der Waals surface area contributed by atoms with Gasteiger partial charge in [-0.1, -0.05) is 24.3 Å². The van der Waals surface area contributed by atoms with Crippen LogP contribution in [0.3, 0.4) is 0 Å². The molecule has 2 heterocycles. The summed E-state index contributed by atoms with van der Waals surface area (Å²) >= 11 is 0. The molecule has 0 saturated heterocycles. The minimum atomic E-state index is -1.10. The number of aliphatic hydroxyl groups is 1. The second-order valence-corrected chi connectivity index (χ2v) is 6.53. The number of anilines is 1. The summed E-state index contributed by atoms with van der Waals surface area (Å²) in [7, 11) is 0. The van der Waals surface area contributed by atoms with Gasteiger partial charge in [-0.2, -0.15) is 0 Å². The van der Waals surface area contributed by atoms with Crippen LogP contribution in [-0.4, -0.2) is 39.5 Å². The van der Waals surface area contributed by atoms with Gasteiger partial charge in [0.25, 0.3) is 5.91 Å². The lowest BCUT2D eigenvalue weighted by Gasteiger charge is -2.16. The second kappa shape index (κ2) is 8.04. The Bertz CT molecular complexity index is 1210. The smallest absolute Gasteiger partial charge is 0.253 e. The van der Waals surface area contributed by atoms with Gasteiger partial charge in [-0.15, -0.1) is 0 Å². The maximum atomic E-state index is 12.5. The third kappa shape index (κ3) is 4.04. The SMILES string of the molecule is O=C(N[C@@H](CO)C(=O)Nc1ccc2ncccc2c1)c1cnc2ccccc2c1. The molecule has 2 aromatic heterocycles. The lowest BCUT2D eigenvalue weighted by Crippen LogP contribution is -2.46. The number of aromatic nitrogens is 2. The van der Waals surface area contributed by atoms with Crippen LogP contribution in [0.5, 0.6) is 0 Å². The average molecular weight is 386 g/mol. The largest absolute Gasteiger partial charge is 0.394 e. The fourth-order valence-electron chi connectivity index (χ4n) is 3.01. The van der Waals surface area contributed by atoms with Crippen LogP contribution in [0.15, 0.2) is 73.1 Å². The first-order valence-electron chi connectivity index (χ1n) is 9.06. The number of hydrogen-bond acceptors (Lipinski definition) is 5. The molecule has 3 N–H and O–H groups in total. The molecule has 0 spiro atoms. The summed E-state index contributed by atoms with van der Waals surface area (Å²) in [5, 5.41) is 16.6. The highest BCUT2D eigenvalue weighted by atomic mass is 16.3. The van der Waals surface area contributed by atoms with E-state index < -0.39 is 24.5 Å². The first kappa shape index (κ1) is 18.5. The van der Waals surface area contributed by atoms with Crippen molar-refractivity contribution in [3.05, 3.63) is 78.6 Å². The molecule has 0 unspecified atom stereocenters. The van der Waals surface area contributed by atoms with Crippen molar-refractivity contribution in [1.29, 1.82) is 0 Å². The molecule has 2 aromatic carbocycles. The molecule has 0 saturated carbocycles. The van der Waals surface area contributed by atoms with E-state index in [-0.39, 0.29) is 0 Å². The fourth-order valence-corrected chi connectivity index (χ4v) is 3.01. The van der Waals surface area contributed by atoms with E-state index in [2.05, 4.69) is 20.6 Å². The van der Waals surface area contributed by atoms with Crippen LogP contribution in [0.4, 0.5) is 5.69 Å². The normalized spacial score (nSPS) is 11.9. The van der Waals surface area contributed by atoms with E-state index in [1.807, 2.05) is 36.4 Å². The number of carbonyl (C=O) groups excluding carboxylic acids is 2. The summed E-state index contributed by atoms with van der Waals surface area (Å²) in [6.45, 7) is -0.534. The van der Waals surface area contributed by atoms with E-state index in [1.165, 1.54) is 6.20 Å². The third-order valence-corrected chi connectivity index (χ3v) is 4.53. The molecule has 4 rings (SSSR count). The van der Waals surface area contributed by atoms with Gasteiger partial charge in [0, 0.05) is 28.9 Å². The zero-order chi connectivity index (χ0) is 20.2. The Hall–Kier alpha value is -3.84. The number of nitrogens with zero attached hydrogens (tertiary/aromatic N) is 2. The first-order chi connectivity index (χ1) is 14.1. The molecule has 2 amide bonds. The summed E-state index contributed by atoms with van der Waals surface area (Å²) in [4.78, 5) is 33.6. The zero-order valence-electron chi connectivity index (χ0n) is 15.4. The van der Waals surface area contributed by atoms with Crippen molar-refractivity contribution < 1.29 is 14.7 Å². The highest BCUT2D eigenvalue weighted by Gasteiger charge is 2.21. The number of hydrogen-bond donors (Lipinski definition) is 3. The Kier molecular flexibility index (Phi) is 5.13. The Labute approximate surface area is 166 Å². The summed E-state index contributed by atoms with van der Waals surface area (Å²) in [6.07, 6.45) is 3.14.